The van der Waals surface area contributed by atoms with Gasteiger partial charge in [-0.1, -0.05) is 23.7 Å². The van der Waals surface area contributed by atoms with E-state index in [0.717, 1.165) is 5.56 Å². The molecule has 0 radical (unpaired) electrons. The van der Waals surface area contributed by atoms with Gasteiger partial charge < -0.3 is 19.5 Å². The van der Waals surface area contributed by atoms with Crippen LogP contribution in [-0.2, 0) is 11.3 Å². The highest BCUT2D eigenvalue weighted by molar-refractivity contribution is 6.30. The summed E-state index contributed by atoms with van der Waals surface area (Å²) in [6.45, 7) is 4.20. The zero-order valence-corrected chi connectivity index (χ0v) is 15.3. The lowest BCUT2D eigenvalue weighted by atomic mass is 10.2. The first-order chi connectivity index (χ1) is 12.0. The highest BCUT2D eigenvalue weighted by Gasteiger charge is 2.09. The van der Waals surface area contributed by atoms with E-state index in [1.807, 2.05) is 32.0 Å². The lowest BCUT2D eigenvalue weighted by molar-refractivity contribution is -0.123. The van der Waals surface area contributed by atoms with E-state index >= 15 is 0 Å². The number of halogens is 1. The maximum absolute atomic E-state index is 11.9. The van der Waals surface area contributed by atoms with Gasteiger partial charge in [-0.15, -0.1) is 0 Å². The molecule has 134 valence electrons. The molecule has 0 heterocycles. The molecule has 0 aliphatic carbocycles. The minimum atomic E-state index is -0.221. The van der Waals surface area contributed by atoms with E-state index in [-0.39, 0.29) is 18.6 Å². The lowest BCUT2D eigenvalue weighted by Gasteiger charge is -2.15. The summed E-state index contributed by atoms with van der Waals surface area (Å²) in [7, 11) is 1.59. The summed E-state index contributed by atoms with van der Waals surface area (Å²) >= 11 is 5.87. The first-order valence-corrected chi connectivity index (χ1v) is 8.34. The molecule has 0 aliphatic rings. The van der Waals surface area contributed by atoms with Crippen LogP contribution in [0.25, 0.3) is 0 Å². The molecule has 25 heavy (non-hydrogen) atoms. The summed E-state index contributed by atoms with van der Waals surface area (Å²) < 4.78 is 16.4. The Balaban J connectivity index is 1.86. The smallest absolute Gasteiger partial charge is 0.258 e. The summed E-state index contributed by atoms with van der Waals surface area (Å²) in [5.74, 6) is 1.65. The highest BCUT2D eigenvalue weighted by Crippen LogP contribution is 2.28. The molecule has 0 fully saturated rings. The van der Waals surface area contributed by atoms with Crippen molar-refractivity contribution in [1.82, 2.24) is 5.32 Å². The van der Waals surface area contributed by atoms with E-state index < -0.39 is 0 Å². The molecule has 2 aromatic rings. The second-order valence-electron chi connectivity index (χ2n) is 5.67. The number of nitrogens with one attached hydrogen (secondary N) is 1. The van der Waals surface area contributed by atoms with Crippen LogP contribution in [0, 0.1) is 0 Å². The number of benzene rings is 2. The number of amides is 1. The first-order valence-electron chi connectivity index (χ1n) is 7.96. The molecule has 0 aromatic heterocycles. The van der Waals surface area contributed by atoms with E-state index in [2.05, 4.69) is 5.32 Å². The zero-order valence-electron chi connectivity index (χ0n) is 14.5. The van der Waals surface area contributed by atoms with Gasteiger partial charge in [-0.3, -0.25) is 4.79 Å². The SMILES string of the molecule is COc1cc(CNC(=O)COc2cccc(Cl)c2)ccc1OC(C)C. The molecule has 0 saturated carbocycles. The number of ether oxygens (including phenoxy) is 3. The predicted molar refractivity (Wildman–Crippen MR) is 97.6 cm³/mol. The molecule has 5 nitrogen and oxygen atoms in total. The number of methoxy groups -OCH3 is 1. The van der Waals surface area contributed by atoms with Crippen molar-refractivity contribution < 1.29 is 19.0 Å². The molecule has 0 unspecified atom stereocenters. The predicted octanol–water partition coefficient (Wildman–Crippen LogP) is 3.83. The van der Waals surface area contributed by atoms with Crippen molar-refractivity contribution in [1.29, 1.82) is 0 Å². The van der Waals surface area contributed by atoms with Crippen LogP contribution in [0.15, 0.2) is 42.5 Å². The second kappa shape index (κ2) is 9.18. The van der Waals surface area contributed by atoms with Gasteiger partial charge >= 0.3 is 0 Å². The Morgan fingerprint density at radius 1 is 1.16 bits per heavy atom. The van der Waals surface area contributed by atoms with Crippen LogP contribution in [-0.4, -0.2) is 25.7 Å². The van der Waals surface area contributed by atoms with Gasteiger partial charge in [0.15, 0.2) is 18.1 Å². The lowest BCUT2D eigenvalue weighted by Crippen LogP contribution is -2.28. The molecule has 0 bridgehead atoms. The summed E-state index contributed by atoms with van der Waals surface area (Å²) in [5.41, 5.74) is 0.907. The van der Waals surface area contributed by atoms with E-state index in [4.69, 9.17) is 25.8 Å². The Hall–Kier alpha value is -2.40. The van der Waals surface area contributed by atoms with Crippen molar-refractivity contribution in [2.45, 2.75) is 26.5 Å². The minimum Gasteiger partial charge on any atom is -0.493 e. The summed E-state index contributed by atoms with van der Waals surface area (Å²) in [5, 5.41) is 3.37. The number of hydrogen-bond donors (Lipinski definition) is 1. The third-order valence-electron chi connectivity index (χ3n) is 3.25. The van der Waals surface area contributed by atoms with Gasteiger partial charge in [-0.25, -0.2) is 0 Å². The third kappa shape index (κ3) is 6.19. The maximum Gasteiger partial charge on any atom is 0.258 e. The third-order valence-corrected chi connectivity index (χ3v) is 3.48. The van der Waals surface area contributed by atoms with Crippen LogP contribution in [0.5, 0.6) is 17.2 Å². The molecule has 0 atom stereocenters. The molecule has 1 amide bonds. The number of rotatable bonds is 8. The van der Waals surface area contributed by atoms with E-state index in [1.165, 1.54) is 0 Å². The van der Waals surface area contributed by atoms with Crippen molar-refractivity contribution >= 4 is 17.5 Å². The quantitative estimate of drug-likeness (QED) is 0.774. The van der Waals surface area contributed by atoms with Gasteiger partial charge in [0.1, 0.15) is 5.75 Å². The van der Waals surface area contributed by atoms with Crippen LogP contribution < -0.4 is 19.5 Å². The summed E-state index contributed by atoms with van der Waals surface area (Å²) in [4.78, 5) is 11.9. The molecule has 6 heteroatoms. The Kier molecular flexibility index (Phi) is 6.95. The summed E-state index contributed by atoms with van der Waals surface area (Å²) in [6, 6.07) is 12.5. The average Bonchev–Trinajstić information content (AvgIpc) is 2.58. The standard InChI is InChI=1S/C19H22ClNO4/c1-13(2)25-17-8-7-14(9-18(17)23-3)11-21-19(22)12-24-16-6-4-5-15(20)10-16/h4-10,13H,11-12H2,1-3H3,(H,21,22). The van der Waals surface area contributed by atoms with Crippen molar-refractivity contribution in [3.05, 3.63) is 53.1 Å². The molecular weight excluding hydrogens is 342 g/mol. The minimum absolute atomic E-state index is 0.0584. The average molecular weight is 364 g/mol. The zero-order chi connectivity index (χ0) is 18.2. The molecule has 0 spiro atoms. The molecule has 1 N–H and O–H groups in total. The first kappa shape index (κ1) is 18.9. The molecule has 2 aromatic carbocycles. The van der Waals surface area contributed by atoms with E-state index in [9.17, 15) is 4.79 Å². The van der Waals surface area contributed by atoms with Crippen molar-refractivity contribution in [2.75, 3.05) is 13.7 Å². The largest absolute Gasteiger partial charge is 0.493 e. The van der Waals surface area contributed by atoms with Crippen molar-refractivity contribution in [3.63, 3.8) is 0 Å². The van der Waals surface area contributed by atoms with Crippen LogP contribution in [0.3, 0.4) is 0 Å². The Morgan fingerprint density at radius 3 is 2.64 bits per heavy atom. The van der Waals surface area contributed by atoms with Crippen molar-refractivity contribution in [3.8, 4) is 17.2 Å². The van der Waals surface area contributed by atoms with Gasteiger partial charge in [0.25, 0.3) is 5.91 Å². The van der Waals surface area contributed by atoms with Crippen LogP contribution in [0.1, 0.15) is 19.4 Å². The molecular formula is C19H22ClNO4. The molecule has 0 aliphatic heterocycles. The number of carbonyl (C=O) groups excluding carboxylic acids is 1. The number of hydrogen-bond acceptors (Lipinski definition) is 4. The van der Waals surface area contributed by atoms with Gasteiger partial charge in [0.05, 0.1) is 13.2 Å². The second-order valence-corrected chi connectivity index (χ2v) is 6.11. The van der Waals surface area contributed by atoms with Crippen molar-refractivity contribution in [2.24, 2.45) is 0 Å². The van der Waals surface area contributed by atoms with Gasteiger partial charge in [-0.2, -0.15) is 0 Å². The number of carbonyl (C=O) groups is 1. The molecule has 0 saturated heterocycles. The van der Waals surface area contributed by atoms with Crippen LogP contribution in [0.2, 0.25) is 5.02 Å². The summed E-state index contributed by atoms with van der Waals surface area (Å²) in [6.07, 6.45) is 0.0584. The fraction of sp³-hybridized carbons (Fsp3) is 0.316. The fourth-order valence-electron chi connectivity index (χ4n) is 2.13. The van der Waals surface area contributed by atoms with Gasteiger partial charge in [0, 0.05) is 11.6 Å². The normalized spacial score (nSPS) is 10.4. The van der Waals surface area contributed by atoms with Crippen LogP contribution >= 0.6 is 11.6 Å². The fourth-order valence-corrected chi connectivity index (χ4v) is 2.31. The highest BCUT2D eigenvalue weighted by atomic mass is 35.5. The van der Waals surface area contributed by atoms with Gasteiger partial charge in [0.2, 0.25) is 0 Å². The Labute approximate surface area is 152 Å². The Bertz CT molecular complexity index is 718. The Morgan fingerprint density at radius 2 is 1.96 bits per heavy atom. The maximum atomic E-state index is 11.9. The van der Waals surface area contributed by atoms with E-state index in [0.29, 0.717) is 28.8 Å². The van der Waals surface area contributed by atoms with E-state index in [1.54, 1.807) is 31.4 Å². The van der Waals surface area contributed by atoms with Crippen LogP contribution in [0.4, 0.5) is 0 Å². The molecule has 2 rings (SSSR count). The van der Waals surface area contributed by atoms with Gasteiger partial charge in [-0.05, 0) is 49.7 Å². The monoisotopic (exact) mass is 363 g/mol. The topological polar surface area (TPSA) is 56.8 Å².